The minimum atomic E-state index is -0.361. The van der Waals surface area contributed by atoms with E-state index in [2.05, 4.69) is 41.3 Å². The summed E-state index contributed by atoms with van der Waals surface area (Å²) in [5, 5.41) is 0.299. The van der Waals surface area contributed by atoms with E-state index in [0.717, 1.165) is 38.0 Å². The molecule has 1 atom stereocenters. The van der Waals surface area contributed by atoms with Crippen LogP contribution in [0.2, 0.25) is 5.02 Å². The number of halogens is 2. The SMILES string of the molecule is Fc1ccc(OC(CCN2CCc3ccccc3C2)c2ccccc2)c(Cl)c1. The number of fused-ring (bicyclic) bond motifs is 1. The Morgan fingerprint density at radius 1 is 0.964 bits per heavy atom. The molecule has 2 nitrogen and oxygen atoms in total. The van der Waals surface area contributed by atoms with Gasteiger partial charge in [-0.05, 0) is 41.3 Å². The van der Waals surface area contributed by atoms with Crippen molar-refractivity contribution in [1.29, 1.82) is 0 Å². The third kappa shape index (κ3) is 4.54. The number of hydrogen-bond donors (Lipinski definition) is 0. The third-order valence-corrected chi connectivity index (χ3v) is 5.55. The molecular formula is C24H23ClFNO. The van der Waals surface area contributed by atoms with Crippen molar-refractivity contribution in [1.82, 2.24) is 4.90 Å². The van der Waals surface area contributed by atoms with Gasteiger partial charge in [0.15, 0.2) is 0 Å². The molecule has 0 amide bonds. The van der Waals surface area contributed by atoms with E-state index in [0.29, 0.717) is 10.8 Å². The monoisotopic (exact) mass is 395 g/mol. The van der Waals surface area contributed by atoms with Gasteiger partial charge in [-0.2, -0.15) is 0 Å². The first-order chi connectivity index (χ1) is 13.7. The van der Waals surface area contributed by atoms with Gasteiger partial charge in [-0.1, -0.05) is 66.2 Å². The molecule has 1 unspecified atom stereocenters. The Kier molecular flexibility index (Phi) is 5.94. The van der Waals surface area contributed by atoms with Crippen LogP contribution in [0, 0.1) is 5.82 Å². The summed E-state index contributed by atoms with van der Waals surface area (Å²) >= 11 is 6.19. The molecule has 4 heteroatoms. The van der Waals surface area contributed by atoms with Crippen LogP contribution >= 0.6 is 11.6 Å². The van der Waals surface area contributed by atoms with E-state index in [9.17, 15) is 4.39 Å². The van der Waals surface area contributed by atoms with Crippen LogP contribution in [0.5, 0.6) is 5.75 Å². The maximum absolute atomic E-state index is 13.4. The van der Waals surface area contributed by atoms with E-state index in [1.54, 1.807) is 6.07 Å². The molecule has 1 aliphatic rings. The van der Waals surface area contributed by atoms with E-state index in [4.69, 9.17) is 16.3 Å². The summed E-state index contributed by atoms with van der Waals surface area (Å²) in [5.74, 6) is 0.154. The lowest BCUT2D eigenvalue weighted by molar-refractivity contribution is 0.157. The summed E-state index contributed by atoms with van der Waals surface area (Å²) in [6.45, 7) is 2.94. The summed E-state index contributed by atoms with van der Waals surface area (Å²) in [5.41, 5.74) is 3.96. The van der Waals surface area contributed by atoms with Gasteiger partial charge in [0.1, 0.15) is 17.7 Å². The van der Waals surface area contributed by atoms with E-state index < -0.39 is 0 Å². The number of hydrogen-bond acceptors (Lipinski definition) is 2. The van der Waals surface area contributed by atoms with Crippen molar-refractivity contribution in [3.8, 4) is 5.75 Å². The molecule has 0 saturated carbocycles. The third-order valence-electron chi connectivity index (χ3n) is 5.25. The highest BCUT2D eigenvalue weighted by Gasteiger charge is 2.20. The molecule has 0 N–H and O–H groups in total. The van der Waals surface area contributed by atoms with E-state index >= 15 is 0 Å². The Balaban J connectivity index is 1.47. The summed E-state index contributed by atoms with van der Waals surface area (Å²) < 4.78 is 19.6. The number of rotatable bonds is 6. The first kappa shape index (κ1) is 19.0. The van der Waals surface area contributed by atoms with Crippen LogP contribution in [0.15, 0.2) is 72.8 Å². The minimum Gasteiger partial charge on any atom is -0.484 e. The standard InChI is InChI=1S/C24H23ClFNO/c25-22-16-21(26)10-11-24(22)28-23(19-7-2-1-3-8-19)13-15-27-14-12-18-6-4-5-9-20(18)17-27/h1-11,16,23H,12-15,17H2. The maximum atomic E-state index is 13.4. The largest absolute Gasteiger partial charge is 0.484 e. The van der Waals surface area contributed by atoms with Crippen LogP contribution in [0.3, 0.4) is 0 Å². The Morgan fingerprint density at radius 2 is 1.71 bits per heavy atom. The summed E-state index contributed by atoms with van der Waals surface area (Å²) in [4.78, 5) is 2.47. The van der Waals surface area contributed by atoms with Crippen molar-refractivity contribution in [2.45, 2.75) is 25.5 Å². The number of ether oxygens (including phenoxy) is 1. The summed E-state index contributed by atoms with van der Waals surface area (Å²) in [7, 11) is 0. The van der Waals surface area contributed by atoms with Crippen molar-refractivity contribution < 1.29 is 9.13 Å². The van der Waals surface area contributed by atoms with Gasteiger partial charge in [0, 0.05) is 26.1 Å². The molecule has 3 aromatic carbocycles. The smallest absolute Gasteiger partial charge is 0.139 e. The molecule has 144 valence electrons. The Bertz CT molecular complexity index is 931. The Labute approximate surface area is 170 Å². The predicted octanol–water partition coefficient (Wildman–Crippen LogP) is 6.05. The molecule has 0 radical (unpaired) electrons. The molecule has 4 rings (SSSR count). The van der Waals surface area contributed by atoms with Gasteiger partial charge in [0.2, 0.25) is 0 Å². The van der Waals surface area contributed by atoms with Gasteiger partial charge in [-0.25, -0.2) is 4.39 Å². The van der Waals surface area contributed by atoms with Crippen molar-refractivity contribution in [3.05, 3.63) is 100 Å². The highest BCUT2D eigenvalue weighted by molar-refractivity contribution is 6.32. The Hall–Kier alpha value is -2.36. The topological polar surface area (TPSA) is 12.5 Å². The van der Waals surface area contributed by atoms with Crippen LogP contribution in [0.4, 0.5) is 4.39 Å². The van der Waals surface area contributed by atoms with Gasteiger partial charge < -0.3 is 4.74 Å². The minimum absolute atomic E-state index is 0.138. The van der Waals surface area contributed by atoms with Crippen molar-refractivity contribution in [3.63, 3.8) is 0 Å². The maximum Gasteiger partial charge on any atom is 0.139 e. The average molecular weight is 396 g/mol. The van der Waals surface area contributed by atoms with Crippen molar-refractivity contribution >= 4 is 11.6 Å². The first-order valence-electron chi connectivity index (χ1n) is 9.65. The van der Waals surface area contributed by atoms with Crippen LogP contribution in [0.25, 0.3) is 0 Å². The zero-order valence-electron chi connectivity index (χ0n) is 15.7. The summed E-state index contributed by atoms with van der Waals surface area (Å²) in [6, 6.07) is 23.1. The lowest BCUT2D eigenvalue weighted by atomic mass is 9.99. The molecule has 0 spiro atoms. The number of benzene rings is 3. The summed E-state index contributed by atoms with van der Waals surface area (Å²) in [6.07, 6.45) is 1.78. The fourth-order valence-corrected chi connectivity index (χ4v) is 3.94. The van der Waals surface area contributed by atoms with Gasteiger partial charge in [-0.3, -0.25) is 4.90 Å². The van der Waals surface area contributed by atoms with Gasteiger partial charge in [0.25, 0.3) is 0 Å². The Morgan fingerprint density at radius 3 is 2.50 bits per heavy atom. The second-order valence-electron chi connectivity index (χ2n) is 7.18. The second-order valence-corrected chi connectivity index (χ2v) is 7.58. The van der Waals surface area contributed by atoms with Gasteiger partial charge >= 0.3 is 0 Å². The molecule has 3 aromatic rings. The van der Waals surface area contributed by atoms with Crippen molar-refractivity contribution in [2.75, 3.05) is 13.1 Å². The van der Waals surface area contributed by atoms with Crippen LogP contribution in [0.1, 0.15) is 29.2 Å². The van der Waals surface area contributed by atoms with Crippen molar-refractivity contribution in [2.24, 2.45) is 0 Å². The lowest BCUT2D eigenvalue weighted by Crippen LogP contribution is -2.32. The molecule has 0 aromatic heterocycles. The molecule has 0 fully saturated rings. The van der Waals surface area contributed by atoms with Gasteiger partial charge in [-0.15, -0.1) is 0 Å². The molecule has 28 heavy (non-hydrogen) atoms. The quantitative estimate of drug-likeness (QED) is 0.504. The average Bonchev–Trinajstić information content (AvgIpc) is 2.73. The first-order valence-corrected chi connectivity index (χ1v) is 10.0. The molecule has 0 saturated heterocycles. The molecular weight excluding hydrogens is 373 g/mol. The fraction of sp³-hybridized carbons (Fsp3) is 0.250. The normalized spacial score (nSPS) is 15.1. The fourth-order valence-electron chi connectivity index (χ4n) is 3.73. The second kappa shape index (κ2) is 8.76. The van der Waals surface area contributed by atoms with Gasteiger partial charge in [0.05, 0.1) is 5.02 Å². The predicted molar refractivity (Wildman–Crippen MR) is 111 cm³/mol. The van der Waals surface area contributed by atoms with E-state index in [-0.39, 0.29) is 11.9 Å². The molecule has 1 heterocycles. The van der Waals surface area contributed by atoms with Crippen LogP contribution in [-0.2, 0) is 13.0 Å². The lowest BCUT2D eigenvalue weighted by Gasteiger charge is -2.30. The molecule has 0 bridgehead atoms. The van der Waals surface area contributed by atoms with E-state index in [1.807, 2.05) is 18.2 Å². The number of nitrogens with zero attached hydrogens (tertiary/aromatic N) is 1. The highest BCUT2D eigenvalue weighted by Crippen LogP contribution is 2.31. The van der Waals surface area contributed by atoms with Crippen LogP contribution < -0.4 is 4.74 Å². The molecule has 1 aliphatic heterocycles. The van der Waals surface area contributed by atoms with Crippen LogP contribution in [-0.4, -0.2) is 18.0 Å². The molecule has 0 aliphatic carbocycles. The highest BCUT2D eigenvalue weighted by atomic mass is 35.5. The zero-order chi connectivity index (χ0) is 19.3. The van der Waals surface area contributed by atoms with E-state index in [1.165, 1.54) is 23.3 Å². The zero-order valence-corrected chi connectivity index (χ0v) is 16.4.